The first-order valence-electron chi connectivity index (χ1n) is 28.1. The lowest BCUT2D eigenvalue weighted by atomic mass is 10.1. The average molecular weight is 956 g/mol. The summed E-state index contributed by atoms with van der Waals surface area (Å²) in [6.07, 6.45) is 77.7. The van der Waals surface area contributed by atoms with E-state index in [1.165, 1.54) is 116 Å². The van der Waals surface area contributed by atoms with Gasteiger partial charge in [-0.05, 0) is 89.9 Å². The zero-order valence-electron chi connectivity index (χ0n) is 44.5. The fraction of sp³-hybridized carbons (Fsp3) is 0.635. The number of rotatable bonds is 49. The molecule has 0 aliphatic heterocycles. The second-order valence-electron chi connectivity index (χ2n) is 18.2. The number of hydrogen-bond donors (Lipinski definition) is 0. The number of hydrogen-bond acceptors (Lipinski definition) is 6. The van der Waals surface area contributed by atoms with Gasteiger partial charge in [-0.15, -0.1) is 0 Å². The van der Waals surface area contributed by atoms with E-state index < -0.39 is 6.10 Å². The van der Waals surface area contributed by atoms with Gasteiger partial charge in [0.2, 0.25) is 0 Å². The van der Waals surface area contributed by atoms with Crippen LogP contribution < -0.4 is 0 Å². The molecule has 0 spiro atoms. The molecule has 0 fully saturated rings. The van der Waals surface area contributed by atoms with Gasteiger partial charge < -0.3 is 14.2 Å². The van der Waals surface area contributed by atoms with Crippen LogP contribution in [0.1, 0.15) is 239 Å². The summed E-state index contributed by atoms with van der Waals surface area (Å²) in [5.74, 6) is -0.995. The lowest BCUT2D eigenvalue weighted by Crippen LogP contribution is -2.30. The molecule has 390 valence electrons. The minimum Gasteiger partial charge on any atom is -0.462 e. The first-order valence-corrected chi connectivity index (χ1v) is 28.1. The van der Waals surface area contributed by atoms with Gasteiger partial charge in [-0.2, -0.15) is 0 Å². The molecule has 0 saturated heterocycles. The Morgan fingerprint density at radius 1 is 0.319 bits per heavy atom. The quantitative estimate of drug-likeness (QED) is 0.0199. The van der Waals surface area contributed by atoms with Crippen LogP contribution in [0.3, 0.4) is 0 Å². The van der Waals surface area contributed by atoms with Gasteiger partial charge in [0, 0.05) is 19.3 Å². The number of carbonyl (C=O) groups is 3. The van der Waals surface area contributed by atoms with Crippen LogP contribution in [0.4, 0.5) is 0 Å². The van der Waals surface area contributed by atoms with Crippen molar-refractivity contribution in [1.82, 2.24) is 0 Å². The molecule has 69 heavy (non-hydrogen) atoms. The van der Waals surface area contributed by atoms with Crippen LogP contribution in [-0.4, -0.2) is 37.2 Å². The lowest BCUT2D eigenvalue weighted by molar-refractivity contribution is -0.167. The van der Waals surface area contributed by atoms with Gasteiger partial charge in [0.15, 0.2) is 6.10 Å². The zero-order valence-corrected chi connectivity index (χ0v) is 44.5. The van der Waals surface area contributed by atoms with Gasteiger partial charge in [0.25, 0.3) is 0 Å². The first kappa shape index (κ1) is 64.8. The molecule has 0 aromatic heterocycles. The van der Waals surface area contributed by atoms with E-state index in [1.54, 1.807) is 0 Å². The summed E-state index contributed by atoms with van der Waals surface area (Å²) in [5, 5.41) is 0. The van der Waals surface area contributed by atoms with Gasteiger partial charge in [0.05, 0.1) is 0 Å². The molecule has 0 bridgehead atoms. The molecule has 0 amide bonds. The SMILES string of the molecule is CC/C=C/C=C/C=C/C=C/C=C/CCCC(=O)OCC(COC(=O)CCCCCCCCCCC/C=C/C/C=C/C/C=C/CC)OC(=O)CCCCCCCCCCCC/C=C/C=C/CCCCC. The van der Waals surface area contributed by atoms with Crippen molar-refractivity contribution in [2.45, 2.75) is 245 Å². The summed E-state index contributed by atoms with van der Waals surface area (Å²) in [5.41, 5.74) is 0. The highest BCUT2D eigenvalue weighted by atomic mass is 16.6. The average Bonchev–Trinajstić information content (AvgIpc) is 3.35. The maximum atomic E-state index is 12.9. The van der Waals surface area contributed by atoms with E-state index in [-0.39, 0.29) is 37.5 Å². The van der Waals surface area contributed by atoms with Crippen LogP contribution in [0.15, 0.2) is 122 Å². The van der Waals surface area contributed by atoms with E-state index in [4.69, 9.17) is 14.2 Å². The zero-order chi connectivity index (χ0) is 50.0. The van der Waals surface area contributed by atoms with Gasteiger partial charge in [-0.1, -0.05) is 251 Å². The second kappa shape index (κ2) is 56.4. The Labute approximate surface area is 424 Å². The molecule has 0 N–H and O–H groups in total. The van der Waals surface area contributed by atoms with Crippen molar-refractivity contribution in [3.05, 3.63) is 122 Å². The topological polar surface area (TPSA) is 78.9 Å². The second-order valence-corrected chi connectivity index (χ2v) is 18.2. The molecule has 0 aliphatic rings. The highest BCUT2D eigenvalue weighted by Gasteiger charge is 2.19. The fourth-order valence-corrected chi connectivity index (χ4v) is 7.42. The summed E-state index contributed by atoms with van der Waals surface area (Å²) >= 11 is 0. The Hall–Kier alpha value is -4.19. The standard InChI is InChI=1S/C63H102O6/c1-4-7-10-13-16-19-22-25-27-29-31-33-35-38-41-44-47-50-53-56-62(65)68-59-60(58-67-61(64)55-52-49-46-43-40-37-24-21-18-15-12-9-6-3)69-63(66)57-54-51-48-45-42-39-36-34-32-30-28-26-23-20-17-14-11-8-5-2/h7,9-10,12,15-21,23-27,37,40,43,46,60H,4-6,8,11,13-14,22,28-36,38-39,41-42,44-45,47-59H2,1-3H3/b10-7+,12-9+,18-15+,19-16+,20-17+,24-21+,26-23+,27-25+,40-37+,46-43+. The van der Waals surface area contributed by atoms with E-state index in [1.807, 2.05) is 54.7 Å². The van der Waals surface area contributed by atoms with Crippen molar-refractivity contribution in [3.63, 3.8) is 0 Å². The number of carbonyl (C=O) groups excluding carboxylic acids is 3. The minimum atomic E-state index is -0.815. The summed E-state index contributed by atoms with van der Waals surface area (Å²) in [4.78, 5) is 38.1. The van der Waals surface area contributed by atoms with E-state index in [0.717, 1.165) is 77.0 Å². The largest absolute Gasteiger partial charge is 0.462 e. The molecular formula is C63H102O6. The number of esters is 3. The predicted molar refractivity (Wildman–Crippen MR) is 297 cm³/mol. The number of allylic oxidation sites excluding steroid dienone is 20. The Kier molecular flexibility index (Phi) is 53.0. The Morgan fingerprint density at radius 2 is 0.652 bits per heavy atom. The summed E-state index contributed by atoms with van der Waals surface area (Å²) in [6, 6.07) is 0. The molecular weight excluding hydrogens is 853 g/mol. The Morgan fingerprint density at radius 3 is 1.13 bits per heavy atom. The lowest BCUT2D eigenvalue weighted by Gasteiger charge is -2.18. The van der Waals surface area contributed by atoms with Crippen LogP contribution in [0.25, 0.3) is 0 Å². The predicted octanol–water partition coefficient (Wildman–Crippen LogP) is 18.9. The maximum absolute atomic E-state index is 12.9. The molecule has 1 atom stereocenters. The van der Waals surface area contributed by atoms with Gasteiger partial charge in [-0.3, -0.25) is 14.4 Å². The van der Waals surface area contributed by atoms with E-state index >= 15 is 0 Å². The third-order valence-corrected chi connectivity index (χ3v) is 11.6. The number of unbranched alkanes of at least 4 members (excludes halogenated alkanes) is 23. The maximum Gasteiger partial charge on any atom is 0.306 e. The van der Waals surface area contributed by atoms with Gasteiger partial charge in [0.1, 0.15) is 13.2 Å². The number of ether oxygens (including phenoxy) is 3. The molecule has 6 nitrogen and oxygen atoms in total. The van der Waals surface area contributed by atoms with Gasteiger partial charge >= 0.3 is 17.9 Å². The molecule has 1 unspecified atom stereocenters. The molecule has 6 heteroatoms. The Bertz CT molecular complexity index is 1470. The molecule has 0 heterocycles. The highest BCUT2D eigenvalue weighted by Crippen LogP contribution is 2.15. The van der Waals surface area contributed by atoms with Crippen molar-refractivity contribution >= 4 is 17.9 Å². The monoisotopic (exact) mass is 955 g/mol. The van der Waals surface area contributed by atoms with Crippen LogP contribution in [0.5, 0.6) is 0 Å². The van der Waals surface area contributed by atoms with Crippen molar-refractivity contribution < 1.29 is 28.6 Å². The van der Waals surface area contributed by atoms with Crippen molar-refractivity contribution in [2.24, 2.45) is 0 Å². The third kappa shape index (κ3) is 54.6. The third-order valence-electron chi connectivity index (χ3n) is 11.6. The summed E-state index contributed by atoms with van der Waals surface area (Å²) < 4.78 is 16.8. The molecule has 0 radical (unpaired) electrons. The van der Waals surface area contributed by atoms with Crippen LogP contribution >= 0.6 is 0 Å². The van der Waals surface area contributed by atoms with Crippen LogP contribution in [0.2, 0.25) is 0 Å². The van der Waals surface area contributed by atoms with E-state index in [2.05, 4.69) is 87.6 Å². The van der Waals surface area contributed by atoms with E-state index in [0.29, 0.717) is 19.3 Å². The van der Waals surface area contributed by atoms with Gasteiger partial charge in [-0.25, -0.2) is 0 Å². The van der Waals surface area contributed by atoms with Crippen molar-refractivity contribution in [3.8, 4) is 0 Å². The van der Waals surface area contributed by atoms with E-state index in [9.17, 15) is 14.4 Å². The molecule has 0 aromatic rings. The van der Waals surface area contributed by atoms with Crippen molar-refractivity contribution in [2.75, 3.05) is 13.2 Å². The molecule has 0 aliphatic carbocycles. The van der Waals surface area contributed by atoms with Crippen LogP contribution in [0, 0.1) is 0 Å². The first-order chi connectivity index (χ1) is 34.0. The van der Waals surface area contributed by atoms with Crippen LogP contribution in [-0.2, 0) is 28.6 Å². The molecule has 0 aromatic carbocycles. The van der Waals surface area contributed by atoms with Crippen molar-refractivity contribution in [1.29, 1.82) is 0 Å². The smallest absolute Gasteiger partial charge is 0.306 e. The summed E-state index contributed by atoms with van der Waals surface area (Å²) in [7, 11) is 0. The normalized spacial score (nSPS) is 13.0. The molecule has 0 saturated carbocycles. The Balaban J connectivity index is 4.45. The molecule has 0 rings (SSSR count). The minimum absolute atomic E-state index is 0.108. The fourth-order valence-electron chi connectivity index (χ4n) is 7.42. The summed E-state index contributed by atoms with van der Waals surface area (Å²) in [6.45, 7) is 6.29. The highest BCUT2D eigenvalue weighted by molar-refractivity contribution is 5.71.